The Labute approximate surface area is 902 Å². The van der Waals surface area contributed by atoms with Crippen LogP contribution in [0.25, 0.3) is 53.6 Å². The average Bonchev–Trinajstić information content (AvgIpc) is 1.62. The van der Waals surface area contributed by atoms with Crippen molar-refractivity contribution >= 4 is 189 Å². The zero-order valence-corrected chi connectivity index (χ0v) is 92.3. The van der Waals surface area contributed by atoms with Crippen LogP contribution >= 0.6 is 111 Å². The Morgan fingerprint density at radius 3 is 1.29 bits per heavy atom. The number of benzene rings is 14. The summed E-state index contributed by atoms with van der Waals surface area (Å²) in [6.07, 6.45) is 0. The third kappa shape index (κ3) is 38.1. The van der Waals surface area contributed by atoms with Crippen molar-refractivity contribution in [3.8, 4) is 45.3 Å². The molecule has 0 spiro atoms. The number of phenolic OH excluding ortho intramolecular Hbond substituents is 1. The van der Waals surface area contributed by atoms with Gasteiger partial charge < -0.3 is 25.5 Å². The summed E-state index contributed by atoms with van der Waals surface area (Å²) >= 11 is 21.9. The van der Waals surface area contributed by atoms with Gasteiger partial charge in [0.05, 0.1) is 53.5 Å². The summed E-state index contributed by atoms with van der Waals surface area (Å²) in [5.41, 5.74) is 17.6. The number of fused-ring (bicyclic) bond motifs is 4. The van der Waals surface area contributed by atoms with E-state index in [2.05, 4.69) is 150 Å². The number of aryl methyl sites for hydroxylation is 6. The number of carbonyl (C=O) groups excluding carboxylic acids is 3. The molecule has 142 heavy (non-hydrogen) atoms. The molecule has 0 radical (unpaired) electrons. The Kier molecular flexibility index (Phi) is 51.2. The van der Waals surface area contributed by atoms with Gasteiger partial charge in [0.2, 0.25) is 11.0 Å². The molecule has 2 N–H and O–H groups in total. The van der Waals surface area contributed by atoms with Crippen LogP contribution in [0, 0.1) is 76.4 Å². The van der Waals surface area contributed by atoms with Gasteiger partial charge in [0.25, 0.3) is 0 Å². The van der Waals surface area contributed by atoms with Crippen molar-refractivity contribution in [2.75, 3.05) is 38.5 Å². The smallest absolute Gasteiger partial charge is 1.00 e. The maximum absolute atomic E-state index is 13.4. The number of phenols is 1. The Morgan fingerprint density at radius 2 is 0.852 bits per heavy atom. The topological polar surface area (TPSA) is 155 Å². The van der Waals surface area contributed by atoms with Gasteiger partial charge in [0.1, 0.15) is 68.7 Å². The van der Waals surface area contributed by atoms with Crippen molar-refractivity contribution in [2.24, 2.45) is 0 Å². The number of halogens is 13. The largest absolute Gasteiger partial charge is 1.00 e. The quantitative estimate of drug-likeness (QED) is 0.0161. The summed E-state index contributed by atoms with van der Waals surface area (Å²) in [6, 6.07) is 91.1. The summed E-state index contributed by atoms with van der Waals surface area (Å²) < 4.78 is 159. The van der Waals surface area contributed by atoms with E-state index in [9.17, 15) is 62.1 Å². The number of ketones is 2. The van der Waals surface area contributed by atoms with Crippen molar-refractivity contribution in [1.82, 2.24) is 4.34 Å². The van der Waals surface area contributed by atoms with Crippen LogP contribution in [-0.2, 0) is 31.1 Å². The minimum absolute atomic E-state index is 0. The SMILES string of the molecule is CC(=O)NBr.CCOCC.COc1ccc(O)cc1.COc1ccc(OC2=C(c3ccc(F)cc3)c3ccc(C)cc3S2=O)cc1.Cc1ccc2c(-c3ccc(F)cc3)c(Br)sc2c1.Cc1ccc2c(-c3ccc(F)cc3)csc2c1.Cc1ccc2c(c1)S(=O)C(Br)=C2c1ccc(F)cc1.Cc1cccc(S)c1.Cc1cccc(SCC(=O)c2ccc(F)cc2)c1.FB(F)F.O=C(CBr)c1ccc(F)cc1.[H-].[Na+]. The van der Waals surface area contributed by atoms with Crippen molar-refractivity contribution in [2.45, 2.75) is 81.9 Å². The number of aromatic hydroxyl groups is 1. The summed E-state index contributed by atoms with van der Waals surface area (Å²) in [7, 11) is -3.13. The fourth-order valence-electron chi connectivity index (χ4n) is 12.9. The van der Waals surface area contributed by atoms with Crippen LogP contribution in [0.15, 0.2) is 353 Å². The van der Waals surface area contributed by atoms with Crippen LogP contribution in [-0.4, -0.2) is 77.1 Å². The molecule has 18 rings (SSSR count). The maximum atomic E-state index is 13.4. The van der Waals surface area contributed by atoms with Crippen LogP contribution in [0.1, 0.15) is 98.5 Å². The molecule has 2 aliphatic heterocycles. The standard InChI is InChI=1S/C22H17FO3S.C15H10BrFOS.C15H10BrFS.C15H13FOS.C15H11FS.C8H6BrFO.C7H8O2.C7H8S.C4H10O.C2H4BrNO.BF3.Na.H/c1-14-3-12-19-20(13-14)27(24)22(21(19)15-4-6-16(23)7-5-15)26-18-10-8-17(25-2)9-11-18;1-9-2-7-12-13(8-9)19(18)15(16)14(12)10-3-5-11(17)6-4-10;1-9-2-7-12-13(8-9)18-15(16)14(12)10-3-5-11(17)6-4-10;1-11-3-2-4-14(9-11)18-10-15(17)12-5-7-13(16)8-6-12;1-10-2-7-13-14(9-17-15(13)8-10)11-3-5-12(16)6-4-11;9-5-8(11)6-1-3-7(10)4-2-6;1-9-7-4-2-6(8)3-5-7;1-6-3-2-4-7(8)5-6;1-3-5-4-2;1-2(5)4-3;2-1(3)4;;/h3-13H,1-2H3;2-8H,1H3;2-8H,1H3;2-9H,10H2,1H3;2-9H,1H3;1-4H,5H2;2-5,8H,1H3;2-5,8H,1H3;3-4H2,1-2H3;1H3,(H,4,5);;;/q;;;;;;;;;;;+1;-1. The first-order valence-electron chi connectivity index (χ1n) is 43.0. The third-order valence-corrected chi connectivity index (χ3v) is 28.7. The zero-order chi connectivity index (χ0) is 103. The number of hydrogen-bond donors (Lipinski definition) is 3. The van der Waals surface area contributed by atoms with E-state index in [4.69, 9.17) is 24.1 Å². The molecule has 2 aliphatic rings. The Morgan fingerprint density at radius 1 is 0.465 bits per heavy atom. The van der Waals surface area contributed by atoms with Crippen LogP contribution in [0.5, 0.6) is 23.0 Å². The van der Waals surface area contributed by atoms with Gasteiger partial charge in [-0.3, -0.25) is 31.7 Å². The molecular formula is C110H98BBr4F9NNaO10S6. The number of amides is 1. The molecule has 11 nitrogen and oxygen atoms in total. The van der Waals surface area contributed by atoms with Gasteiger partial charge in [-0.05, 0) is 331 Å². The van der Waals surface area contributed by atoms with Crippen LogP contribution in [0.3, 0.4) is 0 Å². The van der Waals surface area contributed by atoms with Crippen molar-refractivity contribution in [1.29, 1.82) is 0 Å². The van der Waals surface area contributed by atoms with E-state index in [0.717, 1.165) is 98.7 Å². The first-order chi connectivity index (χ1) is 67.4. The predicted octanol–water partition coefficient (Wildman–Crippen LogP) is 29.9. The van der Waals surface area contributed by atoms with E-state index in [0.29, 0.717) is 42.2 Å². The molecule has 734 valence electrons. The molecular weight excluding hydrogens is 2210 g/mol. The Balaban J connectivity index is 0.000000250. The summed E-state index contributed by atoms with van der Waals surface area (Å²) in [5.74, 6) is 0.923. The second kappa shape index (κ2) is 61.2. The summed E-state index contributed by atoms with van der Waals surface area (Å²) in [5, 5.41) is 14.0. The van der Waals surface area contributed by atoms with Gasteiger partial charge in [-0.15, -0.1) is 47.1 Å². The van der Waals surface area contributed by atoms with Gasteiger partial charge in [-0.2, -0.15) is 0 Å². The second-order valence-electron chi connectivity index (χ2n) is 30.4. The number of alkyl halides is 1. The van der Waals surface area contributed by atoms with Gasteiger partial charge >= 0.3 is 37.1 Å². The first-order valence-corrected chi connectivity index (χ1v) is 51.9. The number of rotatable bonds is 16. The predicted molar refractivity (Wildman–Crippen MR) is 580 cm³/mol. The Hall–Kier alpha value is -10.2. The molecule has 0 aliphatic carbocycles. The van der Waals surface area contributed by atoms with E-state index < -0.39 is 29.1 Å². The van der Waals surface area contributed by atoms with Crippen LogP contribution in [0.4, 0.5) is 39.3 Å². The normalized spacial score (nSPS) is 11.9. The molecule has 0 fully saturated rings. The number of thiol groups is 1. The fraction of sp³-hybridized carbons (Fsp3) is 0.136. The number of thioether (sulfide) groups is 1. The molecule has 2 aromatic heterocycles. The van der Waals surface area contributed by atoms with E-state index in [1.807, 2.05) is 138 Å². The van der Waals surface area contributed by atoms with E-state index >= 15 is 0 Å². The van der Waals surface area contributed by atoms with Crippen molar-refractivity contribution in [3.63, 3.8) is 0 Å². The average molecular weight is 2310 g/mol. The minimum Gasteiger partial charge on any atom is -1.00 e. The molecule has 14 aromatic carbocycles. The molecule has 2 unspecified atom stereocenters. The third-order valence-electron chi connectivity index (χ3n) is 19.7. The van der Waals surface area contributed by atoms with Gasteiger partial charge in [-0.25, -0.2) is 34.8 Å². The summed E-state index contributed by atoms with van der Waals surface area (Å²) in [6.45, 7) is 19.3. The zero-order valence-electron chi connectivity index (χ0n) is 80.0. The van der Waals surface area contributed by atoms with Crippen LogP contribution < -0.4 is 48.1 Å². The molecule has 16 aromatic rings. The Bertz CT molecular complexity index is 6910. The molecule has 0 saturated carbocycles. The molecule has 2 atom stereocenters. The number of Topliss-reactive ketones (excluding diaryl/α,β-unsaturated/α-hetero) is 2. The number of methoxy groups -OCH3 is 2. The number of thiophene rings is 2. The summed E-state index contributed by atoms with van der Waals surface area (Å²) in [4.78, 5) is 36.1. The van der Waals surface area contributed by atoms with Gasteiger partial charge in [0.15, 0.2) is 11.6 Å². The number of ether oxygens (including phenoxy) is 4. The van der Waals surface area contributed by atoms with E-state index in [-0.39, 0.29) is 94.4 Å². The molecule has 0 saturated heterocycles. The molecule has 0 bridgehead atoms. The maximum Gasteiger partial charge on any atom is 1.00 e. The number of carbonyl (C=O) groups is 3. The van der Waals surface area contributed by atoms with Crippen molar-refractivity contribution < 1.29 is 117 Å². The number of nitrogens with one attached hydrogen (secondary N) is 1. The second-order valence-corrected chi connectivity index (χ2v) is 40.2. The molecule has 32 heteroatoms. The fourth-order valence-corrected chi connectivity index (χ4v) is 21.2. The first kappa shape index (κ1) is 119. The minimum atomic E-state index is -3.67. The van der Waals surface area contributed by atoms with Crippen LogP contribution in [0.2, 0.25) is 0 Å². The molecule has 1 amide bonds. The van der Waals surface area contributed by atoms with E-state index in [1.165, 1.54) is 164 Å². The monoisotopic (exact) mass is 2310 g/mol. The van der Waals surface area contributed by atoms with Crippen molar-refractivity contribution in [3.05, 3.63) is 435 Å². The van der Waals surface area contributed by atoms with E-state index in [1.54, 1.807) is 110 Å². The van der Waals surface area contributed by atoms with Gasteiger partial charge in [0, 0.05) is 111 Å². The molecule has 4 heterocycles. The van der Waals surface area contributed by atoms with Gasteiger partial charge in [-0.1, -0.05) is 148 Å². The number of hydrogen-bond acceptors (Lipinski definition) is 14.